The zero-order valence-electron chi connectivity index (χ0n) is 11.5. The lowest BCUT2D eigenvalue weighted by Gasteiger charge is -2.20. The first-order chi connectivity index (χ1) is 10.1. The third-order valence-electron chi connectivity index (χ3n) is 2.90. The maximum Gasteiger partial charge on any atom is 0.244 e. The van der Waals surface area contributed by atoms with Gasteiger partial charge in [0.05, 0.1) is 5.69 Å². The average molecular weight is 347 g/mol. The molecule has 0 aliphatic carbocycles. The summed E-state index contributed by atoms with van der Waals surface area (Å²) >= 11 is 3.37. The van der Waals surface area contributed by atoms with Crippen LogP contribution >= 0.6 is 15.9 Å². The Morgan fingerprint density at radius 2 is 1.67 bits per heavy atom. The Bertz CT molecular complexity index is 644. The standard InChI is InChI=1S/C16H15BrN2O2/c1-12(20)19(13-7-3-2-4-8-13)11-16(21)18-15-10-6-5-9-14(15)17/h2-10H,11H2,1H3,(H,18,21). The third kappa shape index (κ3) is 4.16. The molecule has 0 fully saturated rings. The van der Waals surface area contributed by atoms with Gasteiger partial charge in [0.15, 0.2) is 0 Å². The number of anilines is 2. The van der Waals surface area contributed by atoms with Crippen LogP contribution in [0.15, 0.2) is 59.1 Å². The summed E-state index contributed by atoms with van der Waals surface area (Å²) in [6.07, 6.45) is 0. The van der Waals surface area contributed by atoms with Crippen molar-refractivity contribution in [2.45, 2.75) is 6.92 Å². The summed E-state index contributed by atoms with van der Waals surface area (Å²) in [5, 5.41) is 2.79. The van der Waals surface area contributed by atoms with Gasteiger partial charge in [0.2, 0.25) is 11.8 Å². The minimum Gasteiger partial charge on any atom is -0.324 e. The lowest BCUT2D eigenvalue weighted by molar-refractivity contribution is -0.120. The molecule has 0 heterocycles. The van der Waals surface area contributed by atoms with Crippen molar-refractivity contribution in [2.24, 2.45) is 0 Å². The van der Waals surface area contributed by atoms with Crippen LogP contribution in [0.5, 0.6) is 0 Å². The smallest absolute Gasteiger partial charge is 0.244 e. The first kappa shape index (κ1) is 15.3. The zero-order chi connectivity index (χ0) is 15.2. The number of para-hydroxylation sites is 2. The highest BCUT2D eigenvalue weighted by Crippen LogP contribution is 2.21. The van der Waals surface area contributed by atoms with Crippen molar-refractivity contribution in [3.63, 3.8) is 0 Å². The lowest BCUT2D eigenvalue weighted by atomic mass is 10.2. The van der Waals surface area contributed by atoms with E-state index in [1.165, 1.54) is 11.8 Å². The van der Waals surface area contributed by atoms with Gasteiger partial charge in [0.25, 0.3) is 0 Å². The minimum atomic E-state index is -0.249. The number of nitrogens with one attached hydrogen (secondary N) is 1. The molecule has 0 spiro atoms. The summed E-state index contributed by atoms with van der Waals surface area (Å²) < 4.78 is 0.799. The first-order valence-electron chi connectivity index (χ1n) is 6.45. The van der Waals surface area contributed by atoms with Gasteiger partial charge in [-0.3, -0.25) is 9.59 Å². The Hall–Kier alpha value is -2.14. The molecule has 2 rings (SSSR count). The predicted octanol–water partition coefficient (Wildman–Crippen LogP) is 3.44. The van der Waals surface area contributed by atoms with Crippen LogP contribution in [0.3, 0.4) is 0 Å². The van der Waals surface area contributed by atoms with E-state index in [0.29, 0.717) is 11.4 Å². The van der Waals surface area contributed by atoms with E-state index in [9.17, 15) is 9.59 Å². The van der Waals surface area contributed by atoms with Crippen LogP contribution < -0.4 is 10.2 Å². The second-order valence-electron chi connectivity index (χ2n) is 4.47. The molecular weight excluding hydrogens is 332 g/mol. The molecule has 0 saturated heterocycles. The molecule has 0 aliphatic heterocycles. The normalized spacial score (nSPS) is 10.0. The quantitative estimate of drug-likeness (QED) is 0.921. The minimum absolute atomic E-state index is 0.0271. The van der Waals surface area contributed by atoms with Crippen LogP contribution in [-0.4, -0.2) is 18.4 Å². The molecule has 2 aromatic carbocycles. The summed E-state index contributed by atoms with van der Waals surface area (Å²) in [6, 6.07) is 16.5. The number of nitrogens with zero attached hydrogens (tertiary/aromatic N) is 1. The summed E-state index contributed by atoms with van der Waals surface area (Å²) in [5.41, 5.74) is 1.38. The van der Waals surface area contributed by atoms with Gasteiger partial charge in [0.1, 0.15) is 6.54 Å². The number of hydrogen-bond donors (Lipinski definition) is 1. The first-order valence-corrected chi connectivity index (χ1v) is 7.25. The summed E-state index contributed by atoms with van der Waals surface area (Å²) in [7, 11) is 0. The Balaban J connectivity index is 2.10. The van der Waals surface area contributed by atoms with Gasteiger partial charge < -0.3 is 10.2 Å². The van der Waals surface area contributed by atoms with Crippen LogP contribution in [0.1, 0.15) is 6.92 Å². The van der Waals surface area contributed by atoms with E-state index < -0.39 is 0 Å². The van der Waals surface area contributed by atoms with Crippen LogP contribution in [0, 0.1) is 0 Å². The fourth-order valence-electron chi connectivity index (χ4n) is 1.89. The van der Waals surface area contributed by atoms with Gasteiger partial charge in [-0.2, -0.15) is 0 Å². The largest absolute Gasteiger partial charge is 0.324 e. The highest BCUT2D eigenvalue weighted by molar-refractivity contribution is 9.10. The summed E-state index contributed by atoms with van der Waals surface area (Å²) in [5.74, 6) is -0.426. The Morgan fingerprint density at radius 3 is 2.29 bits per heavy atom. The summed E-state index contributed by atoms with van der Waals surface area (Å²) in [6.45, 7) is 1.42. The molecule has 108 valence electrons. The molecule has 4 nitrogen and oxygen atoms in total. The molecule has 5 heteroatoms. The lowest BCUT2D eigenvalue weighted by Crippen LogP contribution is -2.36. The topological polar surface area (TPSA) is 49.4 Å². The van der Waals surface area contributed by atoms with Gasteiger partial charge in [0, 0.05) is 17.1 Å². The second kappa shape index (κ2) is 7.04. The van der Waals surface area contributed by atoms with Gasteiger partial charge in [-0.05, 0) is 40.2 Å². The molecule has 2 amide bonds. The fourth-order valence-corrected chi connectivity index (χ4v) is 2.27. The van der Waals surface area contributed by atoms with Crippen LogP contribution in [0.25, 0.3) is 0 Å². The van der Waals surface area contributed by atoms with E-state index in [2.05, 4.69) is 21.2 Å². The molecule has 0 unspecified atom stereocenters. The molecule has 0 atom stereocenters. The van der Waals surface area contributed by atoms with E-state index in [1.54, 1.807) is 18.2 Å². The predicted molar refractivity (Wildman–Crippen MR) is 87.2 cm³/mol. The van der Waals surface area contributed by atoms with Gasteiger partial charge in [-0.25, -0.2) is 0 Å². The number of benzene rings is 2. The van der Waals surface area contributed by atoms with E-state index in [0.717, 1.165) is 4.47 Å². The van der Waals surface area contributed by atoms with Gasteiger partial charge in [-0.15, -0.1) is 0 Å². The van der Waals surface area contributed by atoms with Crippen LogP contribution in [0.4, 0.5) is 11.4 Å². The van der Waals surface area contributed by atoms with Crippen molar-refractivity contribution >= 4 is 39.1 Å². The maximum absolute atomic E-state index is 12.1. The molecule has 1 N–H and O–H groups in total. The Labute approximate surface area is 131 Å². The molecule has 0 bridgehead atoms. The van der Waals surface area contributed by atoms with Crippen molar-refractivity contribution in [3.8, 4) is 0 Å². The van der Waals surface area contributed by atoms with Crippen molar-refractivity contribution in [1.82, 2.24) is 0 Å². The SMILES string of the molecule is CC(=O)N(CC(=O)Nc1ccccc1Br)c1ccccc1. The van der Waals surface area contributed by atoms with Crippen LogP contribution in [-0.2, 0) is 9.59 Å². The fraction of sp³-hybridized carbons (Fsp3) is 0.125. The van der Waals surface area contributed by atoms with Crippen LogP contribution in [0.2, 0.25) is 0 Å². The van der Waals surface area contributed by atoms with E-state index in [-0.39, 0.29) is 18.4 Å². The van der Waals surface area contributed by atoms with Gasteiger partial charge >= 0.3 is 0 Å². The van der Waals surface area contributed by atoms with Crippen molar-refractivity contribution in [3.05, 3.63) is 59.1 Å². The number of carbonyl (C=O) groups is 2. The van der Waals surface area contributed by atoms with Crippen molar-refractivity contribution in [2.75, 3.05) is 16.8 Å². The van der Waals surface area contributed by atoms with Gasteiger partial charge in [-0.1, -0.05) is 30.3 Å². The van der Waals surface area contributed by atoms with Crippen molar-refractivity contribution < 1.29 is 9.59 Å². The highest BCUT2D eigenvalue weighted by Gasteiger charge is 2.16. The number of amides is 2. The van der Waals surface area contributed by atoms with E-state index >= 15 is 0 Å². The molecular formula is C16H15BrN2O2. The molecule has 0 saturated carbocycles. The molecule has 0 aliphatic rings. The molecule has 0 aromatic heterocycles. The Morgan fingerprint density at radius 1 is 1.05 bits per heavy atom. The van der Waals surface area contributed by atoms with Crippen molar-refractivity contribution in [1.29, 1.82) is 0 Å². The number of rotatable bonds is 4. The monoisotopic (exact) mass is 346 g/mol. The highest BCUT2D eigenvalue weighted by atomic mass is 79.9. The number of halogens is 1. The maximum atomic E-state index is 12.1. The second-order valence-corrected chi connectivity index (χ2v) is 5.32. The average Bonchev–Trinajstić information content (AvgIpc) is 2.48. The summed E-state index contributed by atoms with van der Waals surface area (Å²) in [4.78, 5) is 25.3. The number of hydrogen-bond acceptors (Lipinski definition) is 2. The molecule has 21 heavy (non-hydrogen) atoms. The zero-order valence-corrected chi connectivity index (χ0v) is 13.1. The van der Waals surface area contributed by atoms with E-state index in [1.807, 2.05) is 36.4 Å². The van der Waals surface area contributed by atoms with E-state index in [4.69, 9.17) is 0 Å². The Kier molecular flexibility index (Phi) is 5.11. The molecule has 2 aromatic rings. The number of carbonyl (C=O) groups excluding carboxylic acids is 2. The third-order valence-corrected chi connectivity index (χ3v) is 3.59. The molecule has 0 radical (unpaired) electrons.